The normalized spacial score (nSPS) is 10.6. The second-order valence-electron chi connectivity index (χ2n) is 4.44. The van der Waals surface area contributed by atoms with Crippen molar-refractivity contribution in [3.63, 3.8) is 0 Å². The smallest absolute Gasteiger partial charge is 0.253 e. The summed E-state index contributed by atoms with van der Waals surface area (Å²) < 4.78 is 22.2. The monoisotopic (exact) mass is 294 g/mol. The van der Waals surface area contributed by atoms with Gasteiger partial charge in [-0.05, 0) is 24.3 Å². The molecule has 0 saturated carbocycles. The predicted octanol–water partition coefficient (Wildman–Crippen LogP) is 0.113. The van der Waals surface area contributed by atoms with Gasteiger partial charge in [0.2, 0.25) is 0 Å². The summed E-state index contributed by atoms with van der Waals surface area (Å²) in [4.78, 5) is 13.5. The van der Waals surface area contributed by atoms with E-state index in [-0.39, 0.29) is 24.7 Å². The lowest BCUT2D eigenvalue weighted by Gasteiger charge is -2.16. The minimum Gasteiger partial charge on any atom is -0.341 e. The molecule has 0 fully saturated rings. The molecule has 0 atom stereocenters. The molecule has 0 saturated heterocycles. The standard InChI is InChI=1S/C14H18N2O3S/c1-16(10-11-20(2,18)19)14(17)13-7-5-12(6-8-13)4-3-9-15/h5-8H,9-11,15H2,1-2H3. The second-order valence-corrected chi connectivity index (χ2v) is 6.70. The van der Waals surface area contributed by atoms with E-state index >= 15 is 0 Å². The van der Waals surface area contributed by atoms with E-state index in [0.717, 1.165) is 11.8 Å². The second kappa shape index (κ2) is 7.08. The number of amides is 1. The first kappa shape index (κ1) is 16.2. The van der Waals surface area contributed by atoms with E-state index in [4.69, 9.17) is 5.73 Å². The molecular weight excluding hydrogens is 276 g/mol. The third-order valence-corrected chi connectivity index (χ3v) is 3.53. The SMILES string of the molecule is CN(CCS(C)(=O)=O)C(=O)c1ccc(C#CCN)cc1. The van der Waals surface area contributed by atoms with Crippen LogP contribution in [0.4, 0.5) is 0 Å². The molecule has 1 amide bonds. The van der Waals surface area contributed by atoms with Crippen molar-refractivity contribution >= 4 is 15.7 Å². The molecule has 0 bridgehead atoms. The van der Waals surface area contributed by atoms with E-state index in [1.807, 2.05) is 0 Å². The molecule has 108 valence electrons. The fourth-order valence-electron chi connectivity index (χ4n) is 1.47. The minimum absolute atomic E-state index is 0.0463. The van der Waals surface area contributed by atoms with Gasteiger partial charge in [-0.25, -0.2) is 8.42 Å². The Kier molecular flexibility index (Phi) is 5.74. The molecule has 6 heteroatoms. The van der Waals surface area contributed by atoms with Crippen molar-refractivity contribution in [3.05, 3.63) is 35.4 Å². The topological polar surface area (TPSA) is 80.5 Å². The van der Waals surface area contributed by atoms with Crippen LogP contribution in [0.15, 0.2) is 24.3 Å². The molecule has 20 heavy (non-hydrogen) atoms. The van der Waals surface area contributed by atoms with Crippen molar-refractivity contribution in [1.29, 1.82) is 0 Å². The summed E-state index contributed by atoms with van der Waals surface area (Å²) in [6.45, 7) is 0.460. The van der Waals surface area contributed by atoms with Crippen LogP contribution in [0.5, 0.6) is 0 Å². The molecule has 0 unspecified atom stereocenters. The molecule has 0 aromatic heterocycles. The van der Waals surface area contributed by atoms with Gasteiger partial charge in [-0.1, -0.05) is 11.8 Å². The van der Waals surface area contributed by atoms with Crippen LogP contribution in [0.1, 0.15) is 15.9 Å². The Bertz CT molecular complexity index is 625. The number of carbonyl (C=O) groups excluding carboxylic acids is 1. The van der Waals surface area contributed by atoms with Gasteiger partial charge in [0.15, 0.2) is 0 Å². The third-order valence-electron chi connectivity index (χ3n) is 2.61. The van der Waals surface area contributed by atoms with Crippen LogP contribution in [0.3, 0.4) is 0 Å². The van der Waals surface area contributed by atoms with Gasteiger partial charge in [0, 0.05) is 31.0 Å². The molecule has 1 aromatic carbocycles. The Balaban J connectivity index is 2.72. The Labute approximate surface area is 119 Å². The van der Waals surface area contributed by atoms with Crippen molar-refractivity contribution in [2.24, 2.45) is 5.73 Å². The van der Waals surface area contributed by atoms with E-state index < -0.39 is 9.84 Å². The number of carbonyl (C=O) groups is 1. The molecule has 2 N–H and O–H groups in total. The van der Waals surface area contributed by atoms with Crippen molar-refractivity contribution in [2.45, 2.75) is 0 Å². The van der Waals surface area contributed by atoms with Crippen LogP contribution in [-0.4, -0.2) is 51.4 Å². The Morgan fingerprint density at radius 2 is 1.90 bits per heavy atom. The van der Waals surface area contributed by atoms with Gasteiger partial charge in [0.1, 0.15) is 9.84 Å². The number of hydrogen-bond donors (Lipinski definition) is 1. The predicted molar refractivity (Wildman–Crippen MR) is 79.0 cm³/mol. The van der Waals surface area contributed by atoms with Crippen molar-refractivity contribution in [2.75, 3.05) is 32.1 Å². The molecule has 1 rings (SSSR count). The lowest BCUT2D eigenvalue weighted by Crippen LogP contribution is -2.31. The van der Waals surface area contributed by atoms with Gasteiger partial charge < -0.3 is 10.6 Å². The zero-order valence-corrected chi connectivity index (χ0v) is 12.4. The van der Waals surface area contributed by atoms with E-state index in [1.54, 1.807) is 31.3 Å². The van der Waals surface area contributed by atoms with Gasteiger partial charge in [0.05, 0.1) is 12.3 Å². The van der Waals surface area contributed by atoms with Gasteiger partial charge in [-0.15, -0.1) is 0 Å². The number of hydrogen-bond acceptors (Lipinski definition) is 4. The Hall–Kier alpha value is -1.84. The summed E-state index contributed by atoms with van der Waals surface area (Å²) in [5.41, 5.74) is 6.56. The highest BCUT2D eigenvalue weighted by molar-refractivity contribution is 7.90. The average molecular weight is 294 g/mol. The van der Waals surface area contributed by atoms with Crippen molar-refractivity contribution < 1.29 is 13.2 Å². The third kappa shape index (κ3) is 5.43. The molecular formula is C14H18N2O3S. The fourth-order valence-corrected chi connectivity index (χ4v) is 2.08. The summed E-state index contributed by atoms with van der Waals surface area (Å²) >= 11 is 0. The largest absolute Gasteiger partial charge is 0.341 e. The number of sulfone groups is 1. The number of nitrogens with two attached hydrogens (primary N) is 1. The van der Waals surface area contributed by atoms with Crippen molar-refractivity contribution in [1.82, 2.24) is 4.90 Å². The molecule has 0 aliphatic rings. The first-order valence-electron chi connectivity index (χ1n) is 6.05. The lowest BCUT2D eigenvalue weighted by atomic mass is 10.1. The van der Waals surface area contributed by atoms with Gasteiger partial charge >= 0.3 is 0 Å². The van der Waals surface area contributed by atoms with E-state index in [2.05, 4.69) is 11.8 Å². The first-order chi connectivity index (χ1) is 9.33. The lowest BCUT2D eigenvalue weighted by molar-refractivity contribution is 0.0803. The van der Waals surface area contributed by atoms with E-state index in [0.29, 0.717) is 5.56 Å². The van der Waals surface area contributed by atoms with Crippen LogP contribution in [-0.2, 0) is 9.84 Å². The number of benzene rings is 1. The highest BCUT2D eigenvalue weighted by Crippen LogP contribution is 2.06. The van der Waals surface area contributed by atoms with E-state index in [1.165, 1.54) is 4.90 Å². The summed E-state index contributed by atoms with van der Waals surface area (Å²) in [5, 5.41) is 0. The van der Waals surface area contributed by atoms with Gasteiger partial charge in [-0.2, -0.15) is 0 Å². The molecule has 0 aliphatic carbocycles. The Morgan fingerprint density at radius 3 is 2.40 bits per heavy atom. The minimum atomic E-state index is -3.08. The average Bonchev–Trinajstić information content (AvgIpc) is 2.41. The molecule has 1 aromatic rings. The molecule has 0 aliphatic heterocycles. The maximum Gasteiger partial charge on any atom is 0.253 e. The zero-order chi connectivity index (χ0) is 15.2. The molecule has 5 nitrogen and oxygen atoms in total. The molecule has 0 heterocycles. The van der Waals surface area contributed by atoms with Crippen LogP contribution in [0, 0.1) is 11.8 Å². The van der Waals surface area contributed by atoms with Crippen LogP contribution < -0.4 is 5.73 Å². The molecule has 0 radical (unpaired) electrons. The fraction of sp³-hybridized carbons (Fsp3) is 0.357. The van der Waals surface area contributed by atoms with Crippen LogP contribution >= 0.6 is 0 Å². The van der Waals surface area contributed by atoms with Gasteiger partial charge in [-0.3, -0.25) is 4.79 Å². The van der Waals surface area contributed by atoms with Crippen LogP contribution in [0.25, 0.3) is 0 Å². The summed E-state index contributed by atoms with van der Waals surface area (Å²) in [5.74, 6) is 5.33. The van der Waals surface area contributed by atoms with Crippen LogP contribution in [0.2, 0.25) is 0 Å². The Morgan fingerprint density at radius 1 is 1.30 bits per heavy atom. The number of rotatable bonds is 4. The quantitative estimate of drug-likeness (QED) is 0.800. The highest BCUT2D eigenvalue weighted by Gasteiger charge is 2.13. The maximum absolute atomic E-state index is 12.1. The van der Waals surface area contributed by atoms with Gasteiger partial charge in [0.25, 0.3) is 5.91 Å². The maximum atomic E-state index is 12.1. The summed E-state index contributed by atoms with van der Waals surface area (Å²) in [7, 11) is -1.50. The van der Waals surface area contributed by atoms with Crippen molar-refractivity contribution in [3.8, 4) is 11.8 Å². The zero-order valence-electron chi connectivity index (χ0n) is 11.6. The number of nitrogens with zero attached hydrogens (tertiary/aromatic N) is 1. The summed E-state index contributed by atoms with van der Waals surface area (Å²) in [6, 6.07) is 6.81. The first-order valence-corrected chi connectivity index (χ1v) is 8.12. The summed E-state index contributed by atoms with van der Waals surface area (Å²) in [6.07, 6.45) is 1.15. The molecule has 0 spiro atoms. The highest BCUT2D eigenvalue weighted by atomic mass is 32.2. The van der Waals surface area contributed by atoms with E-state index in [9.17, 15) is 13.2 Å².